The topological polar surface area (TPSA) is 66.0 Å². The van der Waals surface area contributed by atoms with Gasteiger partial charge in [0, 0.05) is 11.8 Å². The Kier molecular flexibility index (Phi) is 2.41. The third kappa shape index (κ3) is 1.83. The summed E-state index contributed by atoms with van der Waals surface area (Å²) in [6, 6.07) is 3.93. The molecule has 1 aromatic heterocycles. The molecule has 2 aromatic rings. The van der Waals surface area contributed by atoms with Crippen molar-refractivity contribution in [3.8, 4) is 0 Å². The Balaban J connectivity index is 2.35. The summed E-state index contributed by atoms with van der Waals surface area (Å²) in [4.78, 5) is 10.5. The van der Waals surface area contributed by atoms with Gasteiger partial charge in [-0.15, -0.1) is 0 Å². The number of aromatic amines is 1. The fourth-order valence-electron chi connectivity index (χ4n) is 1.71. The highest BCUT2D eigenvalue weighted by molar-refractivity contribution is 5.82. The molecule has 0 aliphatic carbocycles. The van der Waals surface area contributed by atoms with Gasteiger partial charge in [0.2, 0.25) is 0 Å². The van der Waals surface area contributed by atoms with E-state index in [0.29, 0.717) is 6.42 Å². The average molecular weight is 204 g/mol. The highest BCUT2D eigenvalue weighted by Gasteiger charge is 2.06. The van der Waals surface area contributed by atoms with Gasteiger partial charge in [-0.2, -0.15) is 5.10 Å². The van der Waals surface area contributed by atoms with Gasteiger partial charge in [0.25, 0.3) is 0 Å². The van der Waals surface area contributed by atoms with E-state index in [1.807, 2.05) is 19.1 Å². The van der Waals surface area contributed by atoms with Crippen molar-refractivity contribution in [1.29, 1.82) is 0 Å². The number of H-pyrrole nitrogens is 1. The number of hydrogen-bond acceptors (Lipinski definition) is 2. The highest BCUT2D eigenvalue weighted by atomic mass is 16.4. The second kappa shape index (κ2) is 3.73. The molecule has 0 radical (unpaired) electrons. The van der Waals surface area contributed by atoms with Crippen molar-refractivity contribution < 1.29 is 9.90 Å². The van der Waals surface area contributed by atoms with Gasteiger partial charge < -0.3 is 5.11 Å². The Morgan fingerprint density at radius 2 is 2.33 bits per heavy atom. The van der Waals surface area contributed by atoms with Crippen LogP contribution in [-0.4, -0.2) is 21.3 Å². The molecule has 0 fully saturated rings. The maximum absolute atomic E-state index is 10.5. The van der Waals surface area contributed by atoms with Gasteiger partial charge in [-0.05, 0) is 24.5 Å². The van der Waals surface area contributed by atoms with Crippen LogP contribution in [0.15, 0.2) is 18.3 Å². The van der Waals surface area contributed by atoms with Gasteiger partial charge >= 0.3 is 5.97 Å². The minimum Gasteiger partial charge on any atom is -0.481 e. The molecule has 0 unspecified atom stereocenters. The third-order valence-corrected chi connectivity index (χ3v) is 2.60. The summed E-state index contributed by atoms with van der Waals surface area (Å²) in [7, 11) is 0. The Morgan fingerprint density at radius 3 is 3.07 bits per heavy atom. The summed E-state index contributed by atoms with van der Waals surface area (Å²) in [5, 5.41) is 16.6. The second-order valence-electron chi connectivity index (χ2n) is 3.58. The Morgan fingerprint density at radius 1 is 1.53 bits per heavy atom. The molecule has 0 spiro atoms. The summed E-state index contributed by atoms with van der Waals surface area (Å²) >= 11 is 0. The lowest BCUT2D eigenvalue weighted by Gasteiger charge is -2.04. The van der Waals surface area contributed by atoms with Crippen LogP contribution in [0, 0.1) is 6.92 Å². The minimum atomic E-state index is -0.765. The van der Waals surface area contributed by atoms with Crippen LogP contribution in [0.2, 0.25) is 0 Å². The van der Waals surface area contributed by atoms with Gasteiger partial charge in [-0.1, -0.05) is 12.1 Å². The van der Waals surface area contributed by atoms with Crippen LogP contribution >= 0.6 is 0 Å². The van der Waals surface area contributed by atoms with E-state index in [4.69, 9.17) is 5.11 Å². The molecule has 4 heteroatoms. The molecule has 0 saturated carbocycles. The van der Waals surface area contributed by atoms with Crippen molar-refractivity contribution in [2.45, 2.75) is 19.8 Å². The van der Waals surface area contributed by atoms with E-state index in [2.05, 4.69) is 10.2 Å². The van der Waals surface area contributed by atoms with E-state index >= 15 is 0 Å². The van der Waals surface area contributed by atoms with Crippen molar-refractivity contribution >= 4 is 16.9 Å². The van der Waals surface area contributed by atoms with Gasteiger partial charge in [-0.25, -0.2) is 0 Å². The predicted octanol–water partition coefficient (Wildman–Crippen LogP) is 1.89. The highest BCUT2D eigenvalue weighted by Crippen LogP contribution is 2.20. The molecule has 1 aromatic carbocycles. The van der Waals surface area contributed by atoms with Crippen LogP contribution in [0.5, 0.6) is 0 Å². The molecule has 1 heterocycles. The van der Waals surface area contributed by atoms with E-state index in [-0.39, 0.29) is 6.42 Å². The van der Waals surface area contributed by atoms with Gasteiger partial charge in [0.1, 0.15) is 0 Å². The summed E-state index contributed by atoms with van der Waals surface area (Å²) < 4.78 is 0. The average Bonchev–Trinajstić information content (AvgIpc) is 2.65. The molecule has 4 nitrogen and oxygen atoms in total. The van der Waals surface area contributed by atoms with Gasteiger partial charge in [0.05, 0.1) is 11.7 Å². The number of aryl methyl sites for hydroxylation is 2. The lowest BCUT2D eigenvalue weighted by Crippen LogP contribution is -1.99. The normalized spacial score (nSPS) is 10.7. The zero-order chi connectivity index (χ0) is 10.8. The summed E-state index contributed by atoms with van der Waals surface area (Å²) in [5.41, 5.74) is 3.15. The first-order chi connectivity index (χ1) is 7.18. The predicted molar refractivity (Wildman–Crippen MR) is 56.8 cm³/mol. The number of benzene rings is 1. The van der Waals surface area contributed by atoms with E-state index in [1.165, 1.54) is 0 Å². The number of hydrogen-bond donors (Lipinski definition) is 2. The maximum Gasteiger partial charge on any atom is 0.303 e. The fraction of sp³-hybridized carbons (Fsp3) is 0.273. The molecule has 2 N–H and O–H groups in total. The molecule has 0 bridgehead atoms. The number of carboxylic acid groups (broad SMARTS) is 1. The molecule has 0 aliphatic rings. The molecule has 0 saturated heterocycles. The zero-order valence-corrected chi connectivity index (χ0v) is 8.45. The van der Waals surface area contributed by atoms with Crippen LogP contribution in [0.1, 0.15) is 17.5 Å². The van der Waals surface area contributed by atoms with Crippen LogP contribution in [0.4, 0.5) is 0 Å². The number of aliphatic carboxylic acids is 1. The van der Waals surface area contributed by atoms with Crippen LogP contribution in [0.3, 0.4) is 0 Å². The Bertz CT molecular complexity index is 502. The molecule has 0 atom stereocenters. The van der Waals surface area contributed by atoms with Crippen molar-refractivity contribution in [1.82, 2.24) is 10.2 Å². The largest absolute Gasteiger partial charge is 0.481 e. The van der Waals surface area contributed by atoms with Crippen LogP contribution in [0.25, 0.3) is 10.9 Å². The van der Waals surface area contributed by atoms with E-state index < -0.39 is 5.97 Å². The smallest absolute Gasteiger partial charge is 0.303 e. The number of aromatic nitrogens is 2. The van der Waals surface area contributed by atoms with E-state index in [1.54, 1.807) is 6.20 Å². The first kappa shape index (κ1) is 9.71. The lowest BCUT2D eigenvalue weighted by molar-refractivity contribution is -0.136. The number of fused-ring (bicyclic) bond motifs is 1. The van der Waals surface area contributed by atoms with Crippen LogP contribution in [-0.2, 0) is 11.2 Å². The molecular weight excluding hydrogens is 192 g/mol. The van der Waals surface area contributed by atoms with Gasteiger partial charge in [-0.3, -0.25) is 9.89 Å². The monoisotopic (exact) mass is 204 g/mol. The fourth-order valence-corrected chi connectivity index (χ4v) is 1.71. The summed E-state index contributed by atoms with van der Waals surface area (Å²) in [5.74, 6) is -0.765. The van der Waals surface area contributed by atoms with Gasteiger partial charge in [0.15, 0.2) is 0 Å². The van der Waals surface area contributed by atoms with Crippen molar-refractivity contribution in [3.05, 3.63) is 29.5 Å². The molecule has 0 amide bonds. The third-order valence-electron chi connectivity index (χ3n) is 2.60. The number of carboxylic acids is 1. The van der Waals surface area contributed by atoms with Crippen molar-refractivity contribution in [3.63, 3.8) is 0 Å². The molecule has 2 rings (SSSR count). The number of rotatable bonds is 3. The zero-order valence-electron chi connectivity index (χ0n) is 8.45. The van der Waals surface area contributed by atoms with E-state index in [9.17, 15) is 4.79 Å². The quantitative estimate of drug-likeness (QED) is 0.802. The first-order valence-electron chi connectivity index (χ1n) is 4.82. The molecule has 0 aliphatic heterocycles. The summed E-state index contributed by atoms with van der Waals surface area (Å²) in [6.45, 7) is 1.98. The number of nitrogens with one attached hydrogen (secondary N) is 1. The molecular formula is C11H12N2O2. The number of carbonyl (C=O) groups is 1. The molecule has 78 valence electrons. The maximum atomic E-state index is 10.5. The summed E-state index contributed by atoms with van der Waals surface area (Å²) in [6.07, 6.45) is 2.50. The number of nitrogens with zero attached hydrogens (tertiary/aromatic N) is 1. The SMILES string of the molecule is Cc1c(CCC(=O)O)ccc2cn[nH]c12. The first-order valence-corrected chi connectivity index (χ1v) is 4.82. The lowest BCUT2D eigenvalue weighted by atomic mass is 10.0. The second-order valence-corrected chi connectivity index (χ2v) is 3.58. The van der Waals surface area contributed by atoms with E-state index in [0.717, 1.165) is 22.0 Å². The standard InChI is InChI=1S/C11H12N2O2/c1-7-8(4-5-10(14)15)2-3-9-6-12-13-11(7)9/h2-3,6H,4-5H2,1H3,(H,12,13)(H,14,15). The van der Waals surface area contributed by atoms with Crippen molar-refractivity contribution in [2.75, 3.05) is 0 Å². The Hall–Kier alpha value is -1.84. The van der Waals surface area contributed by atoms with Crippen LogP contribution < -0.4 is 0 Å². The molecule has 15 heavy (non-hydrogen) atoms. The Labute approximate surface area is 86.9 Å². The van der Waals surface area contributed by atoms with Crippen molar-refractivity contribution in [2.24, 2.45) is 0 Å². The minimum absolute atomic E-state index is 0.167.